The Labute approximate surface area is 213 Å². The molecule has 34 heavy (non-hydrogen) atoms. The number of rotatable bonds is 6. The first-order valence-electron chi connectivity index (χ1n) is 14.7. The molecular weight excluding hydrogens is 428 g/mol. The third-order valence-electron chi connectivity index (χ3n) is 11.3. The van der Waals surface area contributed by atoms with Crippen LogP contribution in [0.2, 0.25) is 19.6 Å². The molecule has 4 rings (SSSR count). The van der Waals surface area contributed by atoms with Crippen molar-refractivity contribution in [1.29, 1.82) is 0 Å². The van der Waals surface area contributed by atoms with Crippen molar-refractivity contribution >= 4 is 8.32 Å². The van der Waals surface area contributed by atoms with Crippen LogP contribution in [0.3, 0.4) is 0 Å². The summed E-state index contributed by atoms with van der Waals surface area (Å²) >= 11 is 0. The molecule has 0 heterocycles. The third-order valence-corrected chi connectivity index (χ3v) is 12.3. The fourth-order valence-corrected chi connectivity index (χ4v) is 11.0. The summed E-state index contributed by atoms with van der Waals surface area (Å²) in [7, 11) is -1.53. The van der Waals surface area contributed by atoms with Gasteiger partial charge in [0, 0.05) is 0 Å². The minimum absolute atomic E-state index is 0.282. The molecule has 2 saturated carbocycles. The van der Waals surface area contributed by atoms with Gasteiger partial charge in [-0.3, -0.25) is 0 Å². The summed E-state index contributed by atoms with van der Waals surface area (Å²) in [6.07, 6.45) is 16.6. The normalized spacial score (nSPS) is 40.3. The van der Waals surface area contributed by atoms with Crippen LogP contribution in [0.1, 0.15) is 113 Å². The van der Waals surface area contributed by atoms with Crippen molar-refractivity contribution in [3.8, 4) is 0 Å². The van der Waals surface area contributed by atoms with E-state index in [0.717, 1.165) is 23.7 Å². The Bertz CT molecular complexity index is 824. The van der Waals surface area contributed by atoms with Crippen molar-refractivity contribution in [2.75, 3.05) is 0 Å². The molecule has 194 valence electrons. The molecule has 2 unspecified atom stereocenters. The maximum atomic E-state index is 6.82. The van der Waals surface area contributed by atoms with Crippen LogP contribution < -0.4 is 0 Å². The number of fused-ring (bicyclic) bond motifs is 4. The molecule has 4 aliphatic rings. The van der Waals surface area contributed by atoms with Crippen molar-refractivity contribution in [3.05, 3.63) is 22.8 Å². The van der Waals surface area contributed by atoms with E-state index < -0.39 is 8.32 Å². The molecule has 0 aromatic rings. The predicted octanol–water partition coefficient (Wildman–Crippen LogP) is 9.95. The van der Waals surface area contributed by atoms with Gasteiger partial charge in [0.15, 0.2) is 8.32 Å². The zero-order chi connectivity index (χ0) is 25.1. The maximum absolute atomic E-state index is 6.82. The lowest BCUT2D eigenvalue weighted by Gasteiger charge is -2.61. The quantitative estimate of drug-likeness (QED) is 0.269. The zero-order valence-corrected chi connectivity index (χ0v) is 25.4. The third kappa shape index (κ3) is 4.57. The molecular formula is C32H56OSi. The fourth-order valence-electron chi connectivity index (χ4n) is 9.72. The summed E-state index contributed by atoms with van der Waals surface area (Å²) < 4.78 is 6.82. The molecule has 7 atom stereocenters. The fraction of sp³-hybridized carbons (Fsp3) is 0.875. The van der Waals surface area contributed by atoms with Crippen LogP contribution in [0.15, 0.2) is 22.8 Å². The summed E-state index contributed by atoms with van der Waals surface area (Å²) in [5.41, 5.74) is 6.60. The van der Waals surface area contributed by atoms with Gasteiger partial charge in [-0.2, -0.15) is 0 Å². The lowest BCUT2D eigenvalue weighted by Crippen LogP contribution is -2.56. The second-order valence-electron chi connectivity index (χ2n) is 15.2. The van der Waals surface area contributed by atoms with E-state index in [1.54, 1.807) is 0 Å². The molecule has 0 bridgehead atoms. The Morgan fingerprint density at radius 3 is 2.35 bits per heavy atom. The zero-order valence-electron chi connectivity index (χ0n) is 24.4. The van der Waals surface area contributed by atoms with E-state index in [2.05, 4.69) is 74.2 Å². The molecule has 0 aromatic carbocycles. The lowest BCUT2D eigenvalue weighted by atomic mass is 9.46. The first-order valence-corrected chi connectivity index (χ1v) is 18.1. The average Bonchev–Trinajstić information content (AvgIpc) is 3.06. The van der Waals surface area contributed by atoms with Gasteiger partial charge in [-0.25, -0.2) is 0 Å². The van der Waals surface area contributed by atoms with E-state index in [1.165, 1.54) is 69.8 Å². The Morgan fingerprint density at radius 1 is 1.00 bits per heavy atom. The van der Waals surface area contributed by atoms with Crippen molar-refractivity contribution in [2.24, 2.45) is 39.9 Å². The van der Waals surface area contributed by atoms with Gasteiger partial charge in [0.05, 0.1) is 6.10 Å². The van der Waals surface area contributed by atoms with Gasteiger partial charge in [0.25, 0.3) is 0 Å². The standard InChI is InChI=1S/C32H56OSi/c1-22(2)12-11-13-23(3)25-15-16-26-24-14-17-28-30(4,5)29(33-34(8,9)10)19-21-32(28,7)27(24)18-20-31(25,26)6/h12,23,25-26,28-29H,11,13-21H2,1-10H3/t23-,25-,26+,28?,29?,31-,32-/m1/s1. The summed E-state index contributed by atoms with van der Waals surface area (Å²) in [5.74, 6) is 3.41. The minimum atomic E-state index is -1.53. The molecule has 2 heteroatoms. The average molecular weight is 485 g/mol. The largest absolute Gasteiger partial charge is 0.414 e. The van der Waals surface area contributed by atoms with Crippen LogP contribution in [0, 0.1) is 39.9 Å². The van der Waals surface area contributed by atoms with Crippen LogP contribution in [0.4, 0.5) is 0 Å². The van der Waals surface area contributed by atoms with Crippen LogP contribution in [0.25, 0.3) is 0 Å². The molecule has 2 fully saturated rings. The lowest BCUT2D eigenvalue weighted by molar-refractivity contribution is -0.0849. The van der Waals surface area contributed by atoms with Crippen molar-refractivity contribution in [1.82, 2.24) is 0 Å². The molecule has 0 aliphatic heterocycles. The highest BCUT2D eigenvalue weighted by Crippen LogP contribution is 2.68. The highest BCUT2D eigenvalue weighted by Gasteiger charge is 2.59. The molecule has 1 nitrogen and oxygen atoms in total. The summed E-state index contributed by atoms with van der Waals surface area (Å²) in [4.78, 5) is 0. The number of allylic oxidation sites excluding steroid dienone is 4. The maximum Gasteiger partial charge on any atom is 0.184 e. The van der Waals surface area contributed by atoms with Crippen molar-refractivity contribution in [3.63, 3.8) is 0 Å². The first-order chi connectivity index (χ1) is 15.7. The number of hydrogen-bond acceptors (Lipinski definition) is 1. The van der Waals surface area contributed by atoms with Gasteiger partial charge in [-0.05, 0) is 138 Å². The molecule has 4 aliphatic carbocycles. The van der Waals surface area contributed by atoms with Gasteiger partial charge >= 0.3 is 0 Å². The highest BCUT2D eigenvalue weighted by molar-refractivity contribution is 6.69. The van der Waals surface area contributed by atoms with Gasteiger partial charge < -0.3 is 4.43 Å². The Kier molecular flexibility index (Phi) is 7.22. The van der Waals surface area contributed by atoms with Crippen LogP contribution in [0.5, 0.6) is 0 Å². The predicted molar refractivity (Wildman–Crippen MR) is 150 cm³/mol. The Balaban J connectivity index is 1.57. The molecule has 0 spiro atoms. The van der Waals surface area contributed by atoms with Crippen LogP contribution >= 0.6 is 0 Å². The second-order valence-corrected chi connectivity index (χ2v) is 19.6. The topological polar surface area (TPSA) is 9.23 Å². The van der Waals surface area contributed by atoms with Crippen molar-refractivity contribution < 1.29 is 4.43 Å². The molecule has 0 N–H and O–H groups in total. The van der Waals surface area contributed by atoms with E-state index in [-0.39, 0.29) is 5.41 Å². The summed E-state index contributed by atoms with van der Waals surface area (Å²) in [6.45, 7) is 24.7. The Morgan fingerprint density at radius 2 is 1.71 bits per heavy atom. The Hall–Kier alpha value is -0.343. The van der Waals surface area contributed by atoms with E-state index in [0.29, 0.717) is 16.9 Å². The summed E-state index contributed by atoms with van der Waals surface area (Å²) in [6, 6.07) is 0. The van der Waals surface area contributed by atoms with E-state index in [9.17, 15) is 0 Å². The molecule has 0 saturated heterocycles. The smallest absolute Gasteiger partial charge is 0.184 e. The van der Waals surface area contributed by atoms with Crippen LogP contribution in [-0.2, 0) is 4.43 Å². The van der Waals surface area contributed by atoms with Gasteiger partial charge in [-0.1, -0.05) is 57.4 Å². The molecule has 0 aromatic heterocycles. The van der Waals surface area contributed by atoms with E-state index in [1.807, 2.05) is 11.1 Å². The first kappa shape index (κ1) is 26.7. The highest BCUT2D eigenvalue weighted by atomic mass is 28.4. The van der Waals surface area contributed by atoms with Crippen LogP contribution in [-0.4, -0.2) is 14.4 Å². The van der Waals surface area contributed by atoms with Gasteiger partial charge in [-0.15, -0.1) is 0 Å². The molecule has 0 radical (unpaired) electrons. The van der Waals surface area contributed by atoms with E-state index >= 15 is 0 Å². The summed E-state index contributed by atoms with van der Waals surface area (Å²) in [5, 5.41) is 0. The van der Waals surface area contributed by atoms with Gasteiger partial charge in [0.1, 0.15) is 0 Å². The second kappa shape index (κ2) is 9.20. The minimum Gasteiger partial charge on any atom is -0.414 e. The molecule has 0 amide bonds. The van der Waals surface area contributed by atoms with Crippen molar-refractivity contribution in [2.45, 2.75) is 138 Å². The number of hydrogen-bond donors (Lipinski definition) is 0. The SMILES string of the molecule is CC(C)=CCC[C@@H](C)[C@H]1CC[C@H]2C3=C(CC[C@]12C)[C@@]1(C)CCC(O[Si](C)(C)C)C(C)(C)C1CC3. The monoisotopic (exact) mass is 484 g/mol. The van der Waals surface area contributed by atoms with Gasteiger partial charge in [0.2, 0.25) is 0 Å². The van der Waals surface area contributed by atoms with E-state index in [4.69, 9.17) is 4.43 Å².